The van der Waals surface area contributed by atoms with E-state index in [0.29, 0.717) is 24.2 Å². The second kappa shape index (κ2) is 13.4. The zero-order valence-corrected chi connectivity index (χ0v) is 20.7. The number of nitrogens with two attached hydrogens (primary N) is 1. The van der Waals surface area contributed by atoms with E-state index in [1.807, 2.05) is 20.1 Å². The van der Waals surface area contributed by atoms with Gasteiger partial charge in [0.2, 0.25) is 21.8 Å². The molecule has 0 spiro atoms. The van der Waals surface area contributed by atoms with Gasteiger partial charge < -0.3 is 16.4 Å². The largest absolute Gasteiger partial charge is 0.384 e. The van der Waals surface area contributed by atoms with Gasteiger partial charge in [0.05, 0.1) is 5.75 Å². The van der Waals surface area contributed by atoms with Gasteiger partial charge in [-0.25, -0.2) is 13.1 Å². The average molecular weight is 486 g/mol. The van der Waals surface area contributed by atoms with Crippen molar-refractivity contribution in [2.45, 2.75) is 52.2 Å². The van der Waals surface area contributed by atoms with E-state index < -0.39 is 28.0 Å². The second-order valence-corrected chi connectivity index (χ2v) is 10.9. The fourth-order valence-corrected chi connectivity index (χ4v) is 4.15. The Morgan fingerprint density at radius 2 is 1.75 bits per heavy atom. The molecule has 0 heterocycles. The van der Waals surface area contributed by atoms with Crippen LogP contribution in [0.4, 0.5) is 0 Å². The first-order valence-corrected chi connectivity index (χ1v) is 13.5. The minimum atomic E-state index is -3.58. The standard InChI is InChI=1S/C21H35N5O4S2/c1-5-32(29,30)26-18(12-14(2)3)21(28)25-17(10-11-31-4)20(27)24-13-15-6-8-16(9-7-15)19(22)23/h6-9,14,17-18,26H,5,10-13H2,1-4H3,(H3,22,23)(H,24,27)(H,25,28)/t17-,18+/m0/s1. The number of benzene rings is 1. The summed E-state index contributed by atoms with van der Waals surface area (Å²) in [5.41, 5.74) is 6.87. The van der Waals surface area contributed by atoms with E-state index in [2.05, 4.69) is 15.4 Å². The monoisotopic (exact) mass is 485 g/mol. The number of amides is 2. The summed E-state index contributed by atoms with van der Waals surface area (Å²) in [6, 6.07) is 5.21. The molecule has 0 radical (unpaired) electrons. The van der Waals surface area contributed by atoms with Gasteiger partial charge in [-0.2, -0.15) is 11.8 Å². The fraction of sp³-hybridized carbons (Fsp3) is 0.571. The molecule has 2 amide bonds. The van der Waals surface area contributed by atoms with Crippen LogP contribution < -0.4 is 21.1 Å². The molecule has 2 atom stereocenters. The summed E-state index contributed by atoms with van der Waals surface area (Å²) in [7, 11) is -3.58. The van der Waals surface area contributed by atoms with E-state index in [4.69, 9.17) is 11.1 Å². The number of thioether (sulfide) groups is 1. The Labute approximate surface area is 195 Å². The molecule has 9 nitrogen and oxygen atoms in total. The molecule has 1 aromatic rings. The fourth-order valence-electron chi connectivity index (χ4n) is 2.87. The minimum absolute atomic E-state index is 0.0323. The van der Waals surface area contributed by atoms with Gasteiger partial charge in [-0.3, -0.25) is 15.0 Å². The molecular weight excluding hydrogens is 450 g/mol. The van der Waals surface area contributed by atoms with Crippen molar-refractivity contribution in [1.82, 2.24) is 15.4 Å². The minimum Gasteiger partial charge on any atom is -0.384 e. The lowest BCUT2D eigenvalue weighted by molar-refractivity contribution is -0.130. The zero-order valence-electron chi connectivity index (χ0n) is 19.1. The third kappa shape index (κ3) is 10.0. The predicted molar refractivity (Wildman–Crippen MR) is 130 cm³/mol. The van der Waals surface area contributed by atoms with Crippen LogP contribution in [0.2, 0.25) is 0 Å². The Bertz CT molecular complexity index is 873. The van der Waals surface area contributed by atoms with Crippen molar-refractivity contribution >= 4 is 39.4 Å². The summed E-state index contributed by atoms with van der Waals surface area (Å²) in [6.07, 6.45) is 2.64. The van der Waals surface area contributed by atoms with Crippen molar-refractivity contribution in [2.75, 3.05) is 17.8 Å². The van der Waals surface area contributed by atoms with Crippen molar-refractivity contribution in [2.24, 2.45) is 11.7 Å². The maximum Gasteiger partial charge on any atom is 0.242 e. The Hall–Kier alpha value is -2.11. The number of carbonyl (C=O) groups is 2. The highest BCUT2D eigenvalue weighted by Crippen LogP contribution is 2.09. The summed E-state index contributed by atoms with van der Waals surface area (Å²) in [4.78, 5) is 25.7. The maximum absolute atomic E-state index is 12.9. The van der Waals surface area contributed by atoms with Crippen molar-refractivity contribution < 1.29 is 18.0 Å². The lowest BCUT2D eigenvalue weighted by atomic mass is 10.0. The molecule has 32 heavy (non-hydrogen) atoms. The summed E-state index contributed by atoms with van der Waals surface area (Å²) in [6.45, 7) is 5.55. The second-order valence-electron chi connectivity index (χ2n) is 7.87. The van der Waals surface area contributed by atoms with Crippen LogP contribution in [0.15, 0.2) is 24.3 Å². The van der Waals surface area contributed by atoms with E-state index in [-0.39, 0.29) is 30.0 Å². The highest BCUT2D eigenvalue weighted by molar-refractivity contribution is 7.98. The molecule has 0 aliphatic rings. The summed E-state index contributed by atoms with van der Waals surface area (Å²) in [5, 5.41) is 13.0. The van der Waals surface area contributed by atoms with Crippen LogP contribution in [0.25, 0.3) is 0 Å². The number of sulfonamides is 1. The Morgan fingerprint density at radius 3 is 2.25 bits per heavy atom. The van der Waals surface area contributed by atoms with Gasteiger partial charge in [-0.1, -0.05) is 38.1 Å². The summed E-state index contributed by atoms with van der Waals surface area (Å²) in [5.74, 6) is -0.279. The SMILES string of the molecule is CCS(=O)(=O)N[C@H](CC(C)C)C(=O)N[C@@H](CCSC)C(=O)NCc1ccc(C(=N)N)cc1. The molecule has 1 aromatic carbocycles. The van der Waals surface area contributed by atoms with Crippen LogP contribution in [0.3, 0.4) is 0 Å². The molecule has 1 rings (SSSR count). The van der Waals surface area contributed by atoms with E-state index in [9.17, 15) is 18.0 Å². The Morgan fingerprint density at radius 1 is 1.12 bits per heavy atom. The van der Waals surface area contributed by atoms with E-state index in [0.717, 1.165) is 5.56 Å². The first kappa shape index (κ1) is 27.9. The normalized spacial score (nSPS) is 13.4. The zero-order chi connectivity index (χ0) is 24.3. The van der Waals surface area contributed by atoms with Gasteiger partial charge >= 0.3 is 0 Å². The van der Waals surface area contributed by atoms with E-state index in [1.54, 1.807) is 36.0 Å². The number of nitrogen functional groups attached to an aromatic ring is 1. The molecular formula is C21H35N5O4S2. The van der Waals surface area contributed by atoms with Gasteiger partial charge in [0.1, 0.15) is 17.9 Å². The van der Waals surface area contributed by atoms with Gasteiger partial charge in [0.15, 0.2) is 0 Å². The molecule has 0 bridgehead atoms. The van der Waals surface area contributed by atoms with Gasteiger partial charge in [0, 0.05) is 12.1 Å². The number of nitrogens with one attached hydrogen (secondary N) is 4. The molecule has 0 aliphatic carbocycles. The topological polar surface area (TPSA) is 154 Å². The number of hydrogen-bond donors (Lipinski definition) is 5. The summed E-state index contributed by atoms with van der Waals surface area (Å²) < 4.78 is 26.5. The molecule has 180 valence electrons. The first-order chi connectivity index (χ1) is 15.0. The molecule has 0 unspecified atom stereocenters. The summed E-state index contributed by atoms with van der Waals surface area (Å²) >= 11 is 1.55. The van der Waals surface area contributed by atoms with E-state index >= 15 is 0 Å². The Kier molecular flexibility index (Phi) is 11.7. The Balaban J connectivity index is 2.86. The van der Waals surface area contributed by atoms with Crippen LogP contribution >= 0.6 is 11.8 Å². The van der Waals surface area contributed by atoms with Crippen molar-refractivity contribution in [3.05, 3.63) is 35.4 Å². The highest BCUT2D eigenvalue weighted by Gasteiger charge is 2.28. The highest BCUT2D eigenvalue weighted by atomic mass is 32.2. The van der Waals surface area contributed by atoms with Crippen LogP contribution in [0.5, 0.6) is 0 Å². The van der Waals surface area contributed by atoms with Crippen molar-refractivity contribution in [3.63, 3.8) is 0 Å². The number of hydrogen-bond acceptors (Lipinski definition) is 6. The molecule has 0 fully saturated rings. The van der Waals surface area contributed by atoms with Crippen LogP contribution in [-0.4, -0.2) is 55.9 Å². The van der Waals surface area contributed by atoms with Crippen LogP contribution in [-0.2, 0) is 26.2 Å². The van der Waals surface area contributed by atoms with Crippen LogP contribution in [0.1, 0.15) is 44.7 Å². The van der Waals surface area contributed by atoms with E-state index in [1.165, 1.54) is 6.92 Å². The molecule has 0 saturated carbocycles. The van der Waals surface area contributed by atoms with Gasteiger partial charge in [0.25, 0.3) is 0 Å². The number of amidine groups is 1. The quantitative estimate of drug-likeness (QED) is 0.197. The maximum atomic E-state index is 12.9. The predicted octanol–water partition coefficient (Wildman–Crippen LogP) is 1.18. The molecule has 0 aliphatic heterocycles. The molecule has 0 saturated heterocycles. The molecule has 0 aromatic heterocycles. The average Bonchev–Trinajstić information content (AvgIpc) is 2.74. The third-order valence-electron chi connectivity index (χ3n) is 4.70. The third-order valence-corrected chi connectivity index (χ3v) is 6.75. The first-order valence-electron chi connectivity index (χ1n) is 10.5. The number of carbonyl (C=O) groups excluding carboxylic acids is 2. The lowest BCUT2D eigenvalue weighted by Gasteiger charge is -2.24. The van der Waals surface area contributed by atoms with Crippen molar-refractivity contribution in [1.29, 1.82) is 5.41 Å². The van der Waals surface area contributed by atoms with Crippen molar-refractivity contribution in [3.8, 4) is 0 Å². The molecule has 6 N–H and O–H groups in total. The smallest absolute Gasteiger partial charge is 0.242 e. The van der Waals surface area contributed by atoms with Gasteiger partial charge in [-0.05, 0) is 43.3 Å². The lowest BCUT2D eigenvalue weighted by Crippen LogP contribution is -2.54. The van der Waals surface area contributed by atoms with Gasteiger partial charge in [-0.15, -0.1) is 0 Å². The van der Waals surface area contributed by atoms with Crippen LogP contribution in [0, 0.1) is 11.3 Å². The molecule has 11 heteroatoms. The number of rotatable bonds is 14.